The highest BCUT2D eigenvalue weighted by atomic mass is 79.9. The molecule has 2 aromatic carbocycles. The number of aliphatic hydroxyl groups is 1. The van der Waals surface area contributed by atoms with Gasteiger partial charge in [-0.05, 0) is 39.2 Å². The van der Waals surface area contributed by atoms with Crippen LogP contribution in [-0.4, -0.2) is 17.1 Å². The van der Waals surface area contributed by atoms with Crippen molar-refractivity contribution in [3.05, 3.63) is 68.7 Å². The molecule has 3 nitrogen and oxygen atoms in total. The Hall–Kier alpha value is -1.36. The summed E-state index contributed by atoms with van der Waals surface area (Å²) in [6, 6.07) is 12.5. The SMILES string of the molecule is O=C(N[C@H]1c2ccccc2C[C@H]1O)c1cccc(Br)c1Cl. The molecular formula is C16H13BrClNO2. The molecule has 1 amide bonds. The van der Waals surface area contributed by atoms with E-state index >= 15 is 0 Å². The highest BCUT2D eigenvalue weighted by Gasteiger charge is 2.32. The first-order valence-electron chi connectivity index (χ1n) is 6.58. The summed E-state index contributed by atoms with van der Waals surface area (Å²) in [4.78, 5) is 12.4. The maximum absolute atomic E-state index is 12.4. The van der Waals surface area contributed by atoms with Crippen molar-refractivity contribution in [3.63, 3.8) is 0 Å². The van der Waals surface area contributed by atoms with Crippen LogP contribution in [0.25, 0.3) is 0 Å². The standard InChI is InChI=1S/C16H13BrClNO2/c17-12-7-3-6-11(14(12)18)16(21)19-15-10-5-2-1-4-9(10)8-13(15)20/h1-7,13,15,20H,8H2,(H,19,21)/t13-,15+/m1/s1. The van der Waals surface area contributed by atoms with Gasteiger partial charge in [-0.3, -0.25) is 4.79 Å². The zero-order valence-electron chi connectivity index (χ0n) is 11.0. The molecule has 0 spiro atoms. The normalized spacial score (nSPS) is 20.1. The minimum Gasteiger partial charge on any atom is -0.390 e. The number of fused-ring (bicyclic) bond motifs is 1. The zero-order valence-corrected chi connectivity index (χ0v) is 13.4. The minimum absolute atomic E-state index is 0.290. The van der Waals surface area contributed by atoms with Gasteiger partial charge in [0.25, 0.3) is 5.91 Å². The highest BCUT2D eigenvalue weighted by Crippen LogP contribution is 2.32. The quantitative estimate of drug-likeness (QED) is 0.855. The van der Waals surface area contributed by atoms with E-state index in [0.29, 0.717) is 21.5 Å². The molecule has 3 rings (SSSR count). The smallest absolute Gasteiger partial charge is 0.253 e. The Balaban J connectivity index is 1.87. The minimum atomic E-state index is -0.614. The number of aliphatic hydroxyl groups excluding tert-OH is 1. The van der Waals surface area contributed by atoms with Gasteiger partial charge < -0.3 is 10.4 Å². The molecule has 0 unspecified atom stereocenters. The van der Waals surface area contributed by atoms with E-state index in [2.05, 4.69) is 21.2 Å². The van der Waals surface area contributed by atoms with Gasteiger partial charge in [-0.25, -0.2) is 0 Å². The van der Waals surface area contributed by atoms with Crippen LogP contribution >= 0.6 is 27.5 Å². The number of hydrogen-bond acceptors (Lipinski definition) is 2. The third kappa shape index (κ3) is 2.71. The predicted octanol–water partition coefficient (Wildman–Crippen LogP) is 3.49. The molecule has 2 atom stereocenters. The summed E-state index contributed by atoms with van der Waals surface area (Å²) < 4.78 is 0.671. The van der Waals surface area contributed by atoms with Crippen LogP contribution in [0.3, 0.4) is 0 Å². The molecule has 0 radical (unpaired) electrons. The van der Waals surface area contributed by atoms with Gasteiger partial charge in [-0.2, -0.15) is 0 Å². The number of carbonyl (C=O) groups excluding carboxylic acids is 1. The average molecular weight is 367 g/mol. The van der Waals surface area contributed by atoms with Crippen LogP contribution in [0, 0.1) is 0 Å². The first-order valence-corrected chi connectivity index (χ1v) is 7.76. The summed E-state index contributed by atoms with van der Waals surface area (Å²) in [5.74, 6) is -0.290. The van der Waals surface area contributed by atoms with Crippen molar-refractivity contribution in [2.24, 2.45) is 0 Å². The Morgan fingerprint density at radius 2 is 2.00 bits per heavy atom. The number of nitrogens with one attached hydrogen (secondary N) is 1. The first kappa shape index (κ1) is 14.6. The fraction of sp³-hybridized carbons (Fsp3) is 0.188. The van der Waals surface area contributed by atoms with Gasteiger partial charge in [0.15, 0.2) is 0 Å². The van der Waals surface area contributed by atoms with Crippen LogP contribution in [0.4, 0.5) is 0 Å². The molecular weight excluding hydrogens is 354 g/mol. The molecule has 5 heteroatoms. The lowest BCUT2D eigenvalue weighted by Crippen LogP contribution is -2.34. The molecule has 0 heterocycles. The van der Waals surface area contributed by atoms with Crippen LogP contribution in [0.1, 0.15) is 27.5 Å². The van der Waals surface area contributed by atoms with Gasteiger partial charge in [0, 0.05) is 10.9 Å². The first-order chi connectivity index (χ1) is 10.1. The molecule has 0 saturated heterocycles. The lowest BCUT2D eigenvalue weighted by Gasteiger charge is -2.18. The molecule has 1 aliphatic carbocycles. The second-order valence-electron chi connectivity index (χ2n) is 5.02. The lowest BCUT2D eigenvalue weighted by atomic mass is 10.1. The van der Waals surface area contributed by atoms with E-state index in [4.69, 9.17) is 11.6 Å². The largest absolute Gasteiger partial charge is 0.390 e. The topological polar surface area (TPSA) is 49.3 Å². The second kappa shape index (κ2) is 5.79. The van der Waals surface area contributed by atoms with Crippen LogP contribution in [-0.2, 0) is 6.42 Å². The van der Waals surface area contributed by atoms with Crippen molar-refractivity contribution < 1.29 is 9.90 Å². The Bertz CT molecular complexity index is 704. The number of halogens is 2. The zero-order chi connectivity index (χ0) is 15.0. The van der Waals surface area contributed by atoms with E-state index in [-0.39, 0.29) is 5.91 Å². The Morgan fingerprint density at radius 3 is 2.81 bits per heavy atom. The number of benzene rings is 2. The third-order valence-corrected chi connectivity index (χ3v) is 4.98. The third-order valence-electron chi connectivity index (χ3n) is 3.69. The van der Waals surface area contributed by atoms with Crippen LogP contribution in [0.15, 0.2) is 46.9 Å². The Morgan fingerprint density at radius 1 is 1.24 bits per heavy atom. The van der Waals surface area contributed by atoms with Crippen molar-refractivity contribution in [2.75, 3.05) is 0 Å². The van der Waals surface area contributed by atoms with Gasteiger partial charge in [-0.1, -0.05) is 41.9 Å². The highest BCUT2D eigenvalue weighted by molar-refractivity contribution is 9.10. The van der Waals surface area contributed by atoms with Gasteiger partial charge in [0.05, 0.1) is 22.7 Å². The van der Waals surface area contributed by atoms with E-state index in [1.165, 1.54) is 0 Å². The summed E-state index contributed by atoms with van der Waals surface area (Å²) in [7, 11) is 0. The number of rotatable bonds is 2. The molecule has 0 fully saturated rings. The lowest BCUT2D eigenvalue weighted by molar-refractivity contribution is 0.0858. The Kier molecular flexibility index (Phi) is 4.02. The van der Waals surface area contributed by atoms with Gasteiger partial charge in [-0.15, -0.1) is 0 Å². The molecule has 0 bridgehead atoms. The molecule has 0 saturated carbocycles. The van der Waals surface area contributed by atoms with Crippen molar-refractivity contribution >= 4 is 33.4 Å². The van der Waals surface area contributed by atoms with E-state index in [1.54, 1.807) is 18.2 Å². The summed E-state index contributed by atoms with van der Waals surface area (Å²) in [6.07, 6.45) is -0.0647. The molecule has 108 valence electrons. The van der Waals surface area contributed by atoms with Gasteiger partial charge in [0.2, 0.25) is 0 Å². The van der Waals surface area contributed by atoms with Gasteiger partial charge >= 0.3 is 0 Å². The fourth-order valence-corrected chi connectivity index (χ4v) is 3.22. The maximum atomic E-state index is 12.4. The van der Waals surface area contributed by atoms with Crippen LogP contribution in [0.2, 0.25) is 5.02 Å². The van der Waals surface area contributed by atoms with Crippen molar-refractivity contribution in [1.29, 1.82) is 0 Å². The number of carbonyl (C=O) groups is 1. The van der Waals surface area contributed by atoms with E-state index in [0.717, 1.165) is 11.1 Å². The van der Waals surface area contributed by atoms with Gasteiger partial charge in [0.1, 0.15) is 0 Å². The van der Waals surface area contributed by atoms with E-state index in [1.807, 2.05) is 24.3 Å². The van der Waals surface area contributed by atoms with Crippen LogP contribution in [0.5, 0.6) is 0 Å². The summed E-state index contributed by atoms with van der Waals surface area (Å²) in [5.41, 5.74) is 2.42. The predicted molar refractivity (Wildman–Crippen MR) is 85.5 cm³/mol. The van der Waals surface area contributed by atoms with Crippen molar-refractivity contribution in [1.82, 2.24) is 5.32 Å². The summed E-state index contributed by atoms with van der Waals surface area (Å²) >= 11 is 9.44. The number of hydrogen-bond donors (Lipinski definition) is 2. The fourth-order valence-electron chi connectivity index (χ4n) is 2.65. The van der Waals surface area contributed by atoms with Crippen molar-refractivity contribution in [2.45, 2.75) is 18.6 Å². The Labute approximate surface area is 136 Å². The number of amides is 1. The average Bonchev–Trinajstić information content (AvgIpc) is 2.78. The summed E-state index contributed by atoms with van der Waals surface area (Å²) in [6.45, 7) is 0. The van der Waals surface area contributed by atoms with E-state index in [9.17, 15) is 9.90 Å². The summed E-state index contributed by atoms with van der Waals surface area (Å²) in [5, 5.41) is 13.4. The van der Waals surface area contributed by atoms with Crippen LogP contribution < -0.4 is 5.32 Å². The molecule has 0 aliphatic heterocycles. The molecule has 2 N–H and O–H groups in total. The monoisotopic (exact) mass is 365 g/mol. The molecule has 1 aliphatic rings. The van der Waals surface area contributed by atoms with Crippen molar-refractivity contribution in [3.8, 4) is 0 Å². The molecule has 21 heavy (non-hydrogen) atoms. The van der Waals surface area contributed by atoms with E-state index < -0.39 is 12.1 Å². The molecule has 2 aromatic rings. The second-order valence-corrected chi connectivity index (χ2v) is 6.26. The molecule has 0 aromatic heterocycles. The maximum Gasteiger partial charge on any atom is 0.253 e.